The zero-order chi connectivity index (χ0) is 21.1. The Hall–Kier alpha value is -3.48. The molecule has 0 aliphatic rings. The van der Waals surface area contributed by atoms with Crippen LogP contribution in [0.25, 0.3) is 10.8 Å². The number of carbonyl (C=O) groups is 2. The molecule has 0 aliphatic carbocycles. The molecule has 2 aromatic carbocycles. The van der Waals surface area contributed by atoms with Gasteiger partial charge in [-0.05, 0) is 44.9 Å². The van der Waals surface area contributed by atoms with E-state index in [0.717, 1.165) is 16.7 Å². The van der Waals surface area contributed by atoms with E-state index in [1.54, 1.807) is 31.2 Å². The van der Waals surface area contributed by atoms with Crippen LogP contribution in [0.3, 0.4) is 0 Å². The molecule has 1 amide bonds. The van der Waals surface area contributed by atoms with Crippen LogP contribution >= 0.6 is 0 Å². The molecule has 7 nitrogen and oxygen atoms in total. The van der Waals surface area contributed by atoms with E-state index in [2.05, 4.69) is 10.4 Å². The van der Waals surface area contributed by atoms with Gasteiger partial charge in [0.15, 0.2) is 12.3 Å². The number of anilines is 1. The van der Waals surface area contributed by atoms with Gasteiger partial charge in [0.2, 0.25) is 0 Å². The molecular weight excluding hydrogens is 370 g/mol. The predicted molar refractivity (Wildman–Crippen MR) is 111 cm³/mol. The second kappa shape index (κ2) is 8.26. The molecule has 1 aromatic heterocycles. The van der Waals surface area contributed by atoms with Crippen molar-refractivity contribution in [2.45, 2.75) is 34.2 Å². The van der Waals surface area contributed by atoms with Gasteiger partial charge in [0.1, 0.15) is 0 Å². The maximum absolute atomic E-state index is 12.6. The molecule has 0 radical (unpaired) electrons. The van der Waals surface area contributed by atoms with Crippen molar-refractivity contribution in [3.05, 3.63) is 69.1 Å². The second-order valence-electron chi connectivity index (χ2n) is 6.91. The molecule has 0 atom stereocenters. The minimum absolute atomic E-state index is 0.0116. The second-order valence-corrected chi connectivity index (χ2v) is 6.91. The number of nitrogens with one attached hydrogen (secondary N) is 1. The summed E-state index contributed by atoms with van der Waals surface area (Å²) in [6.45, 7) is 7.43. The van der Waals surface area contributed by atoms with E-state index in [1.165, 1.54) is 4.68 Å². The van der Waals surface area contributed by atoms with Crippen LogP contribution in [0.1, 0.15) is 34.1 Å². The lowest BCUT2D eigenvalue weighted by molar-refractivity contribution is -0.119. The van der Waals surface area contributed by atoms with Crippen LogP contribution in [0.4, 0.5) is 5.69 Å². The van der Waals surface area contributed by atoms with Crippen molar-refractivity contribution in [2.75, 3.05) is 11.9 Å². The molecule has 150 valence electrons. The Balaban J connectivity index is 1.79. The third-order valence-electron chi connectivity index (χ3n) is 4.64. The fourth-order valence-corrected chi connectivity index (χ4v) is 3.35. The highest BCUT2D eigenvalue weighted by molar-refractivity contribution is 6.03. The average Bonchev–Trinajstić information content (AvgIpc) is 2.69. The maximum atomic E-state index is 12.6. The topological polar surface area (TPSA) is 90.3 Å². The van der Waals surface area contributed by atoms with Crippen LogP contribution in [0.2, 0.25) is 0 Å². The molecule has 0 fully saturated rings. The Labute approximate surface area is 168 Å². The van der Waals surface area contributed by atoms with Gasteiger partial charge in [0.25, 0.3) is 11.5 Å². The number of carbonyl (C=O) groups excluding carboxylic acids is 2. The normalized spacial score (nSPS) is 10.8. The maximum Gasteiger partial charge on any atom is 0.359 e. The number of amides is 1. The number of aryl methyl sites for hydroxylation is 4. The van der Waals surface area contributed by atoms with E-state index in [0.29, 0.717) is 23.0 Å². The van der Waals surface area contributed by atoms with Gasteiger partial charge in [-0.2, -0.15) is 5.10 Å². The molecule has 0 spiro atoms. The van der Waals surface area contributed by atoms with E-state index in [-0.39, 0.29) is 11.3 Å². The molecule has 0 bridgehead atoms. The molecule has 0 aliphatic heterocycles. The molecule has 1 heterocycles. The number of rotatable bonds is 5. The predicted octanol–water partition coefficient (Wildman–Crippen LogP) is 3.14. The van der Waals surface area contributed by atoms with Gasteiger partial charge in [-0.25, -0.2) is 9.48 Å². The summed E-state index contributed by atoms with van der Waals surface area (Å²) in [5.41, 5.74) is 3.42. The highest BCUT2D eigenvalue weighted by Crippen LogP contribution is 2.22. The fourth-order valence-electron chi connectivity index (χ4n) is 3.35. The first-order valence-corrected chi connectivity index (χ1v) is 9.36. The van der Waals surface area contributed by atoms with Gasteiger partial charge in [-0.15, -0.1) is 0 Å². The number of nitrogens with zero attached hydrogens (tertiary/aromatic N) is 2. The fraction of sp³-hybridized carbons (Fsp3) is 0.273. The Morgan fingerprint density at radius 2 is 1.69 bits per heavy atom. The van der Waals surface area contributed by atoms with Crippen molar-refractivity contribution in [1.82, 2.24) is 9.78 Å². The standard InChI is InChI=1S/C22H23N3O4/c1-5-25-21(27)17-9-7-6-8-16(17)20(24-25)22(28)29-12-18(26)23-19-14(3)10-13(2)11-15(19)4/h6-11H,5,12H2,1-4H3,(H,23,26). The summed E-state index contributed by atoms with van der Waals surface area (Å²) in [7, 11) is 0. The molecular formula is C22H23N3O4. The van der Waals surface area contributed by atoms with E-state index in [4.69, 9.17) is 4.74 Å². The lowest BCUT2D eigenvalue weighted by atomic mass is 10.1. The SMILES string of the molecule is CCn1nc(C(=O)OCC(=O)Nc2c(C)cc(C)cc2C)c2ccccc2c1=O. The minimum atomic E-state index is -0.754. The lowest BCUT2D eigenvalue weighted by Crippen LogP contribution is -2.27. The quantitative estimate of drug-likeness (QED) is 0.673. The van der Waals surface area contributed by atoms with Crippen molar-refractivity contribution >= 4 is 28.3 Å². The van der Waals surface area contributed by atoms with Gasteiger partial charge in [-0.3, -0.25) is 9.59 Å². The van der Waals surface area contributed by atoms with E-state index in [1.807, 2.05) is 32.9 Å². The molecule has 3 rings (SSSR count). The smallest absolute Gasteiger partial charge is 0.359 e. The Morgan fingerprint density at radius 1 is 1.07 bits per heavy atom. The molecule has 1 N–H and O–H groups in total. The van der Waals surface area contributed by atoms with Gasteiger partial charge in [0.05, 0.1) is 5.39 Å². The van der Waals surface area contributed by atoms with Crippen LogP contribution in [0.5, 0.6) is 0 Å². The zero-order valence-electron chi connectivity index (χ0n) is 16.9. The van der Waals surface area contributed by atoms with E-state index >= 15 is 0 Å². The van der Waals surface area contributed by atoms with E-state index in [9.17, 15) is 14.4 Å². The van der Waals surface area contributed by atoms with Gasteiger partial charge >= 0.3 is 5.97 Å². The van der Waals surface area contributed by atoms with Gasteiger partial charge < -0.3 is 10.1 Å². The van der Waals surface area contributed by atoms with Gasteiger partial charge in [-0.1, -0.05) is 35.9 Å². The largest absolute Gasteiger partial charge is 0.451 e. The number of aromatic nitrogens is 2. The van der Waals surface area contributed by atoms with Gasteiger partial charge in [0, 0.05) is 17.6 Å². The summed E-state index contributed by atoms with van der Waals surface area (Å²) >= 11 is 0. The summed E-state index contributed by atoms with van der Waals surface area (Å²) < 4.78 is 6.39. The van der Waals surface area contributed by atoms with Crippen LogP contribution in [0.15, 0.2) is 41.2 Å². The average molecular weight is 393 g/mol. The summed E-state index contributed by atoms with van der Waals surface area (Å²) in [5, 5.41) is 7.69. The Morgan fingerprint density at radius 3 is 2.31 bits per heavy atom. The van der Waals surface area contributed by atoms with Crippen molar-refractivity contribution in [3.8, 4) is 0 Å². The van der Waals surface area contributed by atoms with Crippen LogP contribution < -0.4 is 10.9 Å². The Bertz CT molecular complexity index is 1140. The summed E-state index contributed by atoms with van der Waals surface area (Å²) in [4.78, 5) is 37.3. The lowest BCUT2D eigenvalue weighted by Gasteiger charge is -2.13. The molecule has 29 heavy (non-hydrogen) atoms. The molecule has 0 unspecified atom stereocenters. The van der Waals surface area contributed by atoms with Crippen molar-refractivity contribution in [1.29, 1.82) is 0 Å². The molecule has 3 aromatic rings. The van der Waals surface area contributed by atoms with Crippen LogP contribution in [-0.2, 0) is 16.1 Å². The number of ether oxygens (including phenoxy) is 1. The minimum Gasteiger partial charge on any atom is -0.451 e. The third kappa shape index (κ3) is 4.18. The number of hydrogen-bond acceptors (Lipinski definition) is 5. The van der Waals surface area contributed by atoms with E-state index < -0.39 is 18.5 Å². The number of fused-ring (bicyclic) bond motifs is 1. The first-order valence-electron chi connectivity index (χ1n) is 9.36. The number of hydrogen-bond donors (Lipinski definition) is 1. The zero-order valence-corrected chi connectivity index (χ0v) is 16.9. The Kier molecular flexibility index (Phi) is 5.77. The number of benzene rings is 2. The molecule has 0 saturated heterocycles. The first-order chi connectivity index (χ1) is 13.8. The first kappa shape index (κ1) is 20.3. The van der Waals surface area contributed by atoms with Crippen LogP contribution in [0, 0.1) is 20.8 Å². The number of esters is 1. The summed E-state index contributed by atoms with van der Waals surface area (Å²) in [6.07, 6.45) is 0. The highest BCUT2D eigenvalue weighted by atomic mass is 16.5. The van der Waals surface area contributed by atoms with Crippen molar-refractivity contribution in [2.24, 2.45) is 0 Å². The monoisotopic (exact) mass is 393 g/mol. The summed E-state index contributed by atoms with van der Waals surface area (Å²) in [5.74, 6) is -1.20. The van der Waals surface area contributed by atoms with Crippen LogP contribution in [-0.4, -0.2) is 28.3 Å². The molecule has 7 heteroatoms. The molecule has 0 saturated carbocycles. The van der Waals surface area contributed by atoms with Crippen molar-refractivity contribution in [3.63, 3.8) is 0 Å². The third-order valence-corrected chi connectivity index (χ3v) is 4.64. The van der Waals surface area contributed by atoms with Crippen molar-refractivity contribution < 1.29 is 14.3 Å². The highest BCUT2D eigenvalue weighted by Gasteiger charge is 2.19. The summed E-state index contributed by atoms with van der Waals surface area (Å²) in [6, 6.07) is 10.7.